The Hall–Kier alpha value is -2.79. The van der Waals surface area contributed by atoms with Gasteiger partial charge in [0.05, 0.1) is 22.6 Å². The summed E-state index contributed by atoms with van der Waals surface area (Å²) in [6, 6.07) is 7.06. The van der Waals surface area contributed by atoms with Crippen molar-refractivity contribution in [2.45, 2.75) is 82.7 Å². The maximum Gasteiger partial charge on any atom is 0.416 e. The molecule has 0 heterocycles. The van der Waals surface area contributed by atoms with E-state index in [9.17, 15) is 26.4 Å². The second kappa shape index (κ2) is 11.1. The zero-order chi connectivity index (χ0) is 28.5. The first-order valence-electron chi connectivity index (χ1n) is 12.3. The third kappa shape index (κ3) is 7.19. The average molecular weight is 558 g/mol. The molecule has 0 saturated heterocycles. The molecule has 1 aliphatic rings. The highest BCUT2D eigenvalue weighted by molar-refractivity contribution is 7.89. The number of hydrogen-bond acceptors (Lipinski definition) is 6. The first kappa shape index (κ1) is 29.8. The van der Waals surface area contributed by atoms with E-state index in [1.807, 2.05) is 0 Å². The van der Waals surface area contributed by atoms with Crippen LogP contribution in [-0.2, 0) is 32.2 Å². The van der Waals surface area contributed by atoms with E-state index >= 15 is 0 Å². The quantitative estimate of drug-likeness (QED) is 0.375. The van der Waals surface area contributed by atoms with E-state index in [2.05, 4.69) is 0 Å². The molecule has 0 bridgehead atoms. The largest absolute Gasteiger partial charge is 0.491 e. The Kier molecular flexibility index (Phi) is 8.72. The summed E-state index contributed by atoms with van der Waals surface area (Å²) in [4.78, 5) is 11.6. The number of carbonyl (C=O) groups excluding carboxylic acids is 1. The Labute approximate surface area is 221 Å². The molecule has 1 atom stereocenters. The highest BCUT2D eigenvalue weighted by Gasteiger charge is 2.37. The van der Waals surface area contributed by atoms with Gasteiger partial charge in [-0.05, 0) is 83.2 Å². The molecule has 7 nitrogen and oxygen atoms in total. The SMILES string of the molecule is CC(C)Oc1cc(C(F)(F)F)cc(S(=O)(=O)N(C)C2CCCc3c(OCC(=O)OC(C)(C)C)cccc32)c1. The number of ether oxygens (including phenoxy) is 3. The van der Waals surface area contributed by atoms with Crippen molar-refractivity contribution in [1.82, 2.24) is 4.31 Å². The molecular weight excluding hydrogens is 523 g/mol. The van der Waals surface area contributed by atoms with Crippen molar-refractivity contribution in [3.63, 3.8) is 0 Å². The van der Waals surface area contributed by atoms with Crippen LogP contribution in [0.3, 0.4) is 0 Å². The van der Waals surface area contributed by atoms with Crippen molar-refractivity contribution in [3.05, 3.63) is 53.1 Å². The Morgan fingerprint density at radius 2 is 1.82 bits per heavy atom. The number of hydrogen-bond donors (Lipinski definition) is 0. The molecule has 0 spiro atoms. The van der Waals surface area contributed by atoms with Gasteiger partial charge in [-0.25, -0.2) is 13.2 Å². The van der Waals surface area contributed by atoms with Gasteiger partial charge in [0.25, 0.3) is 0 Å². The molecule has 0 saturated carbocycles. The lowest BCUT2D eigenvalue weighted by molar-refractivity contribution is -0.157. The number of alkyl halides is 3. The van der Waals surface area contributed by atoms with Crippen LogP contribution in [0.4, 0.5) is 13.2 Å². The Balaban J connectivity index is 1.94. The lowest BCUT2D eigenvalue weighted by atomic mass is 9.87. The molecule has 3 rings (SSSR count). The fourth-order valence-corrected chi connectivity index (χ4v) is 5.80. The molecule has 11 heteroatoms. The summed E-state index contributed by atoms with van der Waals surface area (Å²) in [5, 5.41) is 0. The molecule has 0 aliphatic heterocycles. The standard InChI is InChI=1S/C27H34F3NO6S/c1-17(2)36-19-13-18(27(28,29)30)14-20(15-19)38(33,34)31(6)23-11-7-10-22-21(23)9-8-12-24(22)35-16-25(32)37-26(3,4)5/h8-9,12-15,17,23H,7,10-11,16H2,1-6H3. The second-order valence-electron chi connectivity index (χ2n) is 10.5. The van der Waals surface area contributed by atoms with Crippen LogP contribution in [0.1, 0.15) is 70.2 Å². The molecule has 38 heavy (non-hydrogen) atoms. The number of sulfonamides is 1. The van der Waals surface area contributed by atoms with E-state index in [4.69, 9.17) is 14.2 Å². The van der Waals surface area contributed by atoms with E-state index < -0.39 is 50.4 Å². The van der Waals surface area contributed by atoms with Crippen molar-refractivity contribution in [2.24, 2.45) is 0 Å². The number of fused-ring (bicyclic) bond motifs is 1. The topological polar surface area (TPSA) is 82.1 Å². The minimum atomic E-state index is -4.75. The summed E-state index contributed by atoms with van der Waals surface area (Å²) in [6.45, 7) is 8.22. The minimum absolute atomic E-state index is 0.177. The lowest BCUT2D eigenvalue weighted by Gasteiger charge is -2.33. The molecule has 210 valence electrons. The first-order valence-corrected chi connectivity index (χ1v) is 13.8. The lowest BCUT2D eigenvalue weighted by Crippen LogP contribution is -2.34. The van der Waals surface area contributed by atoms with Gasteiger partial charge in [-0.1, -0.05) is 12.1 Å². The van der Waals surface area contributed by atoms with Gasteiger partial charge in [-0.3, -0.25) is 0 Å². The van der Waals surface area contributed by atoms with Crippen molar-refractivity contribution in [1.29, 1.82) is 0 Å². The van der Waals surface area contributed by atoms with E-state index in [0.29, 0.717) is 36.6 Å². The monoisotopic (exact) mass is 557 g/mol. The fourth-order valence-electron chi connectivity index (χ4n) is 4.37. The smallest absolute Gasteiger partial charge is 0.416 e. The molecule has 0 N–H and O–H groups in total. The number of rotatable bonds is 8. The fraction of sp³-hybridized carbons (Fsp3) is 0.519. The van der Waals surface area contributed by atoms with Crippen LogP contribution in [0.25, 0.3) is 0 Å². The van der Waals surface area contributed by atoms with Crippen LogP contribution in [0, 0.1) is 0 Å². The van der Waals surface area contributed by atoms with Crippen LogP contribution in [0.15, 0.2) is 41.3 Å². The van der Waals surface area contributed by atoms with Gasteiger partial charge in [0.2, 0.25) is 10.0 Å². The third-order valence-electron chi connectivity index (χ3n) is 5.89. The van der Waals surface area contributed by atoms with E-state index in [-0.39, 0.29) is 12.4 Å². The molecule has 1 aliphatic carbocycles. The summed E-state index contributed by atoms with van der Waals surface area (Å²) in [5.74, 6) is -0.273. The van der Waals surface area contributed by atoms with Crippen molar-refractivity contribution in [2.75, 3.05) is 13.7 Å². The predicted molar refractivity (Wildman–Crippen MR) is 136 cm³/mol. The Morgan fingerprint density at radius 3 is 2.42 bits per heavy atom. The zero-order valence-corrected chi connectivity index (χ0v) is 23.2. The number of nitrogens with zero attached hydrogens (tertiary/aromatic N) is 1. The molecule has 0 amide bonds. The van der Waals surface area contributed by atoms with Gasteiger partial charge in [0.15, 0.2) is 6.61 Å². The predicted octanol–water partition coefficient (Wildman–Crippen LogP) is 5.91. The van der Waals surface area contributed by atoms with Crippen LogP contribution in [-0.4, -0.2) is 44.1 Å². The van der Waals surface area contributed by atoms with E-state index in [1.54, 1.807) is 52.8 Å². The Bertz CT molecular complexity index is 1270. The van der Waals surface area contributed by atoms with Crippen LogP contribution >= 0.6 is 0 Å². The third-order valence-corrected chi connectivity index (χ3v) is 7.74. The second-order valence-corrected chi connectivity index (χ2v) is 12.5. The zero-order valence-electron chi connectivity index (χ0n) is 22.4. The van der Waals surface area contributed by atoms with Gasteiger partial charge in [-0.15, -0.1) is 0 Å². The number of esters is 1. The summed E-state index contributed by atoms with van der Waals surface area (Å²) in [6.07, 6.45) is -3.52. The molecule has 0 radical (unpaired) electrons. The van der Waals surface area contributed by atoms with Gasteiger partial charge in [-0.2, -0.15) is 17.5 Å². The van der Waals surface area contributed by atoms with Gasteiger partial charge < -0.3 is 14.2 Å². The van der Waals surface area contributed by atoms with Crippen LogP contribution in [0.2, 0.25) is 0 Å². The number of carbonyl (C=O) groups is 1. The molecule has 1 unspecified atom stereocenters. The van der Waals surface area contributed by atoms with Crippen LogP contribution in [0.5, 0.6) is 11.5 Å². The van der Waals surface area contributed by atoms with E-state index in [0.717, 1.165) is 22.0 Å². The van der Waals surface area contributed by atoms with Crippen LogP contribution < -0.4 is 9.47 Å². The summed E-state index contributed by atoms with van der Waals surface area (Å²) < 4.78 is 85.5. The molecule has 2 aromatic rings. The minimum Gasteiger partial charge on any atom is -0.491 e. The van der Waals surface area contributed by atoms with E-state index in [1.165, 1.54) is 7.05 Å². The molecule has 2 aromatic carbocycles. The summed E-state index contributed by atoms with van der Waals surface area (Å²) >= 11 is 0. The summed E-state index contributed by atoms with van der Waals surface area (Å²) in [5.41, 5.74) is -0.344. The van der Waals surface area contributed by atoms with Crippen molar-refractivity contribution >= 4 is 16.0 Å². The van der Waals surface area contributed by atoms with Crippen molar-refractivity contribution < 1.29 is 40.6 Å². The number of benzene rings is 2. The van der Waals surface area contributed by atoms with Crippen molar-refractivity contribution in [3.8, 4) is 11.5 Å². The first-order chi connectivity index (χ1) is 17.5. The highest BCUT2D eigenvalue weighted by Crippen LogP contribution is 2.41. The Morgan fingerprint density at radius 1 is 1.13 bits per heavy atom. The molecule has 0 aromatic heterocycles. The highest BCUT2D eigenvalue weighted by atomic mass is 32.2. The number of halogens is 3. The molecule has 0 fully saturated rings. The van der Waals surface area contributed by atoms with Gasteiger partial charge in [0.1, 0.15) is 17.1 Å². The maximum atomic E-state index is 13.6. The summed E-state index contributed by atoms with van der Waals surface area (Å²) in [7, 11) is -2.99. The normalized spacial score (nSPS) is 16.3. The van der Waals surface area contributed by atoms with Gasteiger partial charge in [0, 0.05) is 13.1 Å². The molecular formula is C27H34F3NO6S. The maximum absolute atomic E-state index is 13.6. The average Bonchev–Trinajstić information content (AvgIpc) is 2.79. The van der Waals surface area contributed by atoms with Gasteiger partial charge >= 0.3 is 12.1 Å².